The molecule has 0 radical (unpaired) electrons. The van der Waals surface area contributed by atoms with Gasteiger partial charge in [-0.25, -0.2) is 0 Å². The zero-order valence-electron chi connectivity index (χ0n) is 13.3. The van der Waals surface area contributed by atoms with Gasteiger partial charge in [-0.05, 0) is 36.8 Å². The number of aromatic nitrogens is 1. The summed E-state index contributed by atoms with van der Waals surface area (Å²) >= 11 is 0. The van der Waals surface area contributed by atoms with Gasteiger partial charge in [0.25, 0.3) is 0 Å². The summed E-state index contributed by atoms with van der Waals surface area (Å²) < 4.78 is 16.7. The van der Waals surface area contributed by atoms with Gasteiger partial charge in [0, 0.05) is 17.6 Å². The topological polar surface area (TPSA) is 66.6 Å². The molecule has 0 saturated carbocycles. The number of nitrogens with two attached hydrogens (primary N) is 1. The second kappa shape index (κ2) is 6.04. The minimum absolute atomic E-state index is 0.593. The molecule has 1 heterocycles. The number of benzene rings is 2. The number of nitrogens with zero attached hydrogens (tertiary/aromatic N) is 1. The lowest BCUT2D eigenvalue weighted by atomic mass is 10.1. The molecule has 0 fully saturated rings. The van der Waals surface area contributed by atoms with Crippen molar-refractivity contribution in [2.24, 2.45) is 0 Å². The average molecular weight is 310 g/mol. The first kappa shape index (κ1) is 15.0. The summed E-state index contributed by atoms with van der Waals surface area (Å²) in [5.41, 5.74) is 8.46. The molecule has 5 heteroatoms. The first-order valence-electron chi connectivity index (χ1n) is 7.17. The fourth-order valence-corrected chi connectivity index (χ4v) is 2.42. The molecular formula is C18H18N2O3. The number of anilines is 1. The number of pyridine rings is 1. The van der Waals surface area contributed by atoms with Gasteiger partial charge in [-0.2, -0.15) is 0 Å². The van der Waals surface area contributed by atoms with E-state index < -0.39 is 0 Å². The Morgan fingerprint density at radius 1 is 0.870 bits per heavy atom. The molecule has 1 aromatic heterocycles. The van der Waals surface area contributed by atoms with Crippen molar-refractivity contribution in [3.8, 4) is 23.0 Å². The van der Waals surface area contributed by atoms with Crippen molar-refractivity contribution >= 4 is 16.6 Å². The monoisotopic (exact) mass is 310 g/mol. The number of methoxy groups -OCH3 is 2. The van der Waals surface area contributed by atoms with Crippen LogP contribution in [0.3, 0.4) is 0 Å². The van der Waals surface area contributed by atoms with Crippen LogP contribution >= 0.6 is 0 Å². The quantitative estimate of drug-likeness (QED) is 0.739. The third-order valence-electron chi connectivity index (χ3n) is 3.59. The molecule has 0 amide bonds. The molecule has 0 atom stereocenters. The van der Waals surface area contributed by atoms with Crippen LogP contribution in [0.2, 0.25) is 0 Å². The van der Waals surface area contributed by atoms with E-state index in [-0.39, 0.29) is 0 Å². The van der Waals surface area contributed by atoms with Gasteiger partial charge in [0.1, 0.15) is 11.5 Å². The van der Waals surface area contributed by atoms with Gasteiger partial charge in [-0.3, -0.25) is 4.98 Å². The Bertz CT molecular complexity index is 862. The van der Waals surface area contributed by atoms with E-state index in [1.54, 1.807) is 26.5 Å². The maximum atomic E-state index is 6.03. The molecule has 0 unspecified atom stereocenters. The molecular weight excluding hydrogens is 292 g/mol. The van der Waals surface area contributed by atoms with Crippen molar-refractivity contribution in [3.63, 3.8) is 0 Å². The average Bonchev–Trinajstić information content (AvgIpc) is 2.56. The number of rotatable bonds is 4. The number of nitrogen functional groups attached to an aromatic ring is 1. The predicted octanol–water partition coefficient (Wildman–Crippen LogP) is 3.93. The summed E-state index contributed by atoms with van der Waals surface area (Å²) in [5.74, 6) is 2.51. The third-order valence-corrected chi connectivity index (χ3v) is 3.59. The zero-order valence-corrected chi connectivity index (χ0v) is 13.3. The van der Waals surface area contributed by atoms with Crippen molar-refractivity contribution in [2.75, 3.05) is 20.0 Å². The SMILES string of the molecule is COc1cc2nccc(Oc3ccc(C)cc3N)c2cc1OC. The van der Waals surface area contributed by atoms with Crippen LogP contribution < -0.4 is 19.9 Å². The van der Waals surface area contributed by atoms with Gasteiger partial charge in [0.2, 0.25) is 0 Å². The van der Waals surface area contributed by atoms with E-state index in [9.17, 15) is 0 Å². The maximum Gasteiger partial charge on any atom is 0.162 e. The molecule has 3 aromatic rings. The Morgan fingerprint density at radius 3 is 2.30 bits per heavy atom. The lowest BCUT2D eigenvalue weighted by Gasteiger charge is -2.13. The van der Waals surface area contributed by atoms with Gasteiger partial charge >= 0.3 is 0 Å². The lowest BCUT2D eigenvalue weighted by Crippen LogP contribution is -1.95. The van der Waals surface area contributed by atoms with Crippen molar-refractivity contribution < 1.29 is 14.2 Å². The highest BCUT2D eigenvalue weighted by atomic mass is 16.5. The molecule has 0 bridgehead atoms. The Morgan fingerprint density at radius 2 is 1.61 bits per heavy atom. The van der Waals surface area contributed by atoms with Crippen molar-refractivity contribution in [2.45, 2.75) is 6.92 Å². The molecule has 23 heavy (non-hydrogen) atoms. The second-order valence-corrected chi connectivity index (χ2v) is 5.18. The fraction of sp³-hybridized carbons (Fsp3) is 0.167. The van der Waals surface area contributed by atoms with Crippen LogP contribution in [0.25, 0.3) is 10.9 Å². The molecule has 0 spiro atoms. The highest BCUT2D eigenvalue weighted by molar-refractivity contribution is 5.88. The molecule has 3 rings (SSSR count). The second-order valence-electron chi connectivity index (χ2n) is 5.18. The largest absolute Gasteiger partial charge is 0.493 e. The number of ether oxygens (including phenoxy) is 3. The van der Waals surface area contributed by atoms with E-state index in [1.165, 1.54) is 0 Å². The van der Waals surface area contributed by atoms with Gasteiger partial charge in [0.05, 0.1) is 25.4 Å². The van der Waals surface area contributed by atoms with Crippen molar-refractivity contribution in [1.29, 1.82) is 0 Å². The highest BCUT2D eigenvalue weighted by Crippen LogP contribution is 2.37. The van der Waals surface area contributed by atoms with Crippen LogP contribution in [0.1, 0.15) is 5.56 Å². The molecule has 0 aliphatic carbocycles. The summed E-state index contributed by atoms with van der Waals surface area (Å²) in [5, 5.41) is 0.824. The smallest absolute Gasteiger partial charge is 0.162 e. The zero-order chi connectivity index (χ0) is 16.4. The van der Waals surface area contributed by atoms with E-state index in [4.69, 9.17) is 19.9 Å². The predicted molar refractivity (Wildman–Crippen MR) is 90.5 cm³/mol. The van der Waals surface area contributed by atoms with Crippen LogP contribution in [-0.4, -0.2) is 19.2 Å². The van der Waals surface area contributed by atoms with Gasteiger partial charge < -0.3 is 19.9 Å². The minimum atomic E-state index is 0.593. The standard InChI is InChI=1S/C18H18N2O3/c1-11-4-5-16(13(19)8-11)23-15-6-7-20-14-10-18(22-3)17(21-2)9-12(14)15/h4-10H,19H2,1-3H3. The van der Waals surface area contributed by atoms with Gasteiger partial charge in [-0.1, -0.05) is 6.07 Å². The van der Waals surface area contributed by atoms with Crippen LogP contribution in [0.5, 0.6) is 23.0 Å². The third kappa shape index (κ3) is 2.85. The van der Waals surface area contributed by atoms with E-state index >= 15 is 0 Å². The van der Waals surface area contributed by atoms with Crippen LogP contribution in [0, 0.1) is 6.92 Å². The van der Waals surface area contributed by atoms with Crippen molar-refractivity contribution in [1.82, 2.24) is 4.98 Å². The minimum Gasteiger partial charge on any atom is -0.493 e. The van der Waals surface area contributed by atoms with Crippen LogP contribution in [0.15, 0.2) is 42.6 Å². The highest BCUT2D eigenvalue weighted by Gasteiger charge is 2.12. The number of fused-ring (bicyclic) bond motifs is 1. The molecule has 5 nitrogen and oxygen atoms in total. The molecule has 2 aromatic carbocycles. The van der Waals surface area contributed by atoms with Gasteiger partial charge in [0.15, 0.2) is 11.5 Å². The Labute approximate surface area is 134 Å². The molecule has 0 saturated heterocycles. The van der Waals surface area contributed by atoms with E-state index in [2.05, 4.69) is 4.98 Å². The number of aryl methyl sites for hydroxylation is 1. The molecule has 118 valence electrons. The molecule has 0 aliphatic heterocycles. The fourth-order valence-electron chi connectivity index (χ4n) is 2.42. The van der Waals surface area contributed by atoms with Crippen LogP contribution in [0.4, 0.5) is 5.69 Å². The van der Waals surface area contributed by atoms with Crippen molar-refractivity contribution in [3.05, 3.63) is 48.2 Å². The summed E-state index contributed by atoms with van der Waals surface area (Å²) in [6, 6.07) is 11.2. The maximum absolute atomic E-state index is 6.03. The molecule has 0 aliphatic rings. The Balaban J connectivity index is 2.10. The summed E-state index contributed by atoms with van der Waals surface area (Å²) in [7, 11) is 3.19. The Kier molecular flexibility index (Phi) is 3.93. The van der Waals surface area contributed by atoms with Crippen LogP contribution in [-0.2, 0) is 0 Å². The summed E-state index contributed by atoms with van der Waals surface area (Å²) in [6.07, 6.45) is 1.69. The first-order valence-corrected chi connectivity index (χ1v) is 7.17. The number of hydrogen-bond donors (Lipinski definition) is 1. The normalized spacial score (nSPS) is 10.6. The lowest BCUT2D eigenvalue weighted by molar-refractivity contribution is 0.355. The van der Waals surface area contributed by atoms with E-state index in [0.29, 0.717) is 28.7 Å². The number of hydrogen-bond acceptors (Lipinski definition) is 5. The first-order chi connectivity index (χ1) is 11.1. The van der Waals surface area contributed by atoms with Gasteiger partial charge in [-0.15, -0.1) is 0 Å². The van der Waals surface area contributed by atoms with E-state index in [0.717, 1.165) is 16.5 Å². The summed E-state index contributed by atoms with van der Waals surface area (Å²) in [4.78, 5) is 4.36. The summed E-state index contributed by atoms with van der Waals surface area (Å²) in [6.45, 7) is 1.99. The Hall–Kier alpha value is -2.95. The van der Waals surface area contributed by atoms with E-state index in [1.807, 2.05) is 37.3 Å². The molecule has 2 N–H and O–H groups in total.